The van der Waals surface area contributed by atoms with E-state index in [2.05, 4.69) is 46.1 Å². The first-order valence-electron chi connectivity index (χ1n) is 8.39. The van der Waals surface area contributed by atoms with Gasteiger partial charge in [-0.25, -0.2) is 0 Å². The Morgan fingerprint density at radius 1 is 1.14 bits per heavy atom. The van der Waals surface area contributed by atoms with Gasteiger partial charge in [-0.2, -0.15) is 4.57 Å². The third-order valence-electron chi connectivity index (χ3n) is 5.94. The van der Waals surface area contributed by atoms with Crippen molar-refractivity contribution in [1.29, 1.82) is 0 Å². The number of benzene rings is 1. The van der Waals surface area contributed by atoms with Crippen LogP contribution in [0.1, 0.15) is 31.0 Å². The first-order valence-corrected chi connectivity index (χ1v) is 8.39. The SMILES string of the molecule is OC[C@H]1CC[C@@H]2C[C@H]1Cc1c3[nH]c4ccccc4c3cc[n+]12. The molecule has 2 bridgehead atoms. The van der Waals surface area contributed by atoms with E-state index in [1.807, 2.05) is 0 Å². The molecule has 1 aliphatic carbocycles. The second kappa shape index (κ2) is 4.56. The van der Waals surface area contributed by atoms with E-state index < -0.39 is 0 Å². The molecular weight excluding hydrogens is 272 g/mol. The summed E-state index contributed by atoms with van der Waals surface area (Å²) in [5.41, 5.74) is 3.96. The minimum atomic E-state index is 0.347. The molecule has 1 saturated carbocycles. The summed E-state index contributed by atoms with van der Waals surface area (Å²) in [4.78, 5) is 3.64. The number of aliphatic hydroxyl groups is 1. The Bertz CT molecular complexity index is 866. The second-order valence-corrected chi connectivity index (χ2v) is 7.00. The van der Waals surface area contributed by atoms with Gasteiger partial charge in [0.2, 0.25) is 5.69 Å². The lowest BCUT2D eigenvalue weighted by molar-refractivity contribution is -0.739. The van der Waals surface area contributed by atoms with Gasteiger partial charge in [0.15, 0.2) is 12.2 Å². The number of fused-ring (bicyclic) bond motifs is 8. The van der Waals surface area contributed by atoms with Crippen LogP contribution < -0.4 is 4.57 Å². The Kier molecular flexibility index (Phi) is 2.62. The van der Waals surface area contributed by atoms with Gasteiger partial charge in [0.25, 0.3) is 0 Å². The van der Waals surface area contributed by atoms with Crippen LogP contribution in [0.5, 0.6) is 0 Å². The first-order chi connectivity index (χ1) is 10.8. The third-order valence-corrected chi connectivity index (χ3v) is 5.94. The fourth-order valence-electron chi connectivity index (χ4n) is 4.78. The molecule has 1 aliphatic heterocycles. The molecular formula is C19H21N2O+. The molecule has 3 heterocycles. The van der Waals surface area contributed by atoms with Gasteiger partial charge in [0.05, 0.1) is 0 Å². The number of para-hydroxylation sites is 1. The molecule has 0 saturated heterocycles. The first kappa shape index (κ1) is 12.7. The zero-order valence-corrected chi connectivity index (χ0v) is 12.6. The topological polar surface area (TPSA) is 39.9 Å². The van der Waals surface area contributed by atoms with Gasteiger partial charge < -0.3 is 10.1 Å². The summed E-state index contributed by atoms with van der Waals surface area (Å²) in [6.45, 7) is 0.347. The van der Waals surface area contributed by atoms with E-state index in [4.69, 9.17) is 0 Å². The van der Waals surface area contributed by atoms with Gasteiger partial charge in [-0.3, -0.25) is 0 Å². The summed E-state index contributed by atoms with van der Waals surface area (Å²) in [5.74, 6) is 1.13. The van der Waals surface area contributed by atoms with Gasteiger partial charge in [-0.15, -0.1) is 0 Å². The average Bonchev–Trinajstić information content (AvgIpc) is 2.94. The highest BCUT2D eigenvalue weighted by molar-refractivity contribution is 6.07. The maximum absolute atomic E-state index is 9.66. The van der Waals surface area contributed by atoms with E-state index in [9.17, 15) is 5.11 Å². The van der Waals surface area contributed by atoms with Crippen molar-refractivity contribution in [2.45, 2.75) is 31.7 Å². The van der Waals surface area contributed by atoms with E-state index >= 15 is 0 Å². The number of nitrogens with zero attached hydrogens (tertiary/aromatic N) is 1. The number of nitrogens with one attached hydrogen (secondary N) is 1. The molecule has 1 aromatic carbocycles. The molecule has 0 radical (unpaired) electrons. The maximum atomic E-state index is 9.66. The molecule has 112 valence electrons. The molecule has 2 aliphatic rings. The lowest BCUT2D eigenvalue weighted by atomic mass is 9.72. The Morgan fingerprint density at radius 3 is 2.95 bits per heavy atom. The zero-order chi connectivity index (χ0) is 14.7. The number of aliphatic hydroxyl groups excluding tert-OH is 1. The monoisotopic (exact) mass is 293 g/mol. The minimum Gasteiger partial charge on any atom is -0.396 e. The Hall–Kier alpha value is -1.87. The molecule has 3 atom stereocenters. The highest BCUT2D eigenvalue weighted by Crippen LogP contribution is 2.40. The molecule has 2 N–H and O–H groups in total. The standard InChI is InChI=1S/C19H20N2O/c22-11-12-5-6-14-9-13(12)10-18-19-16(7-8-21(14)18)15-3-1-2-4-17(15)20-19/h1-4,7-8,12-14,22H,5-6,9-11H2/p+1/t12-,13+,14-/m1/s1. The van der Waals surface area contributed by atoms with Crippen LogP contribution >= 0.6 is 0 Å². The Labute approximate surface area is 129 Å². The van der Waals surface area contributed by atoms with Crippen LogP contribution in [0, 0.1) is 11.8 Å². The Morgan fingerprint density at radius 2 is 2.05 bits per heavy atom. The van der Waals surface area contributed by atoms with E-state index in [1.54, 1.807) is 0 Å². The number of aromatic nitrogens is 2. The number of pyridine rings is 1. The molecule has 0 unspecified atom stereocenters. The molecule has 3 heteroatoms. The number of H-pyrrole nitrogens is 1. The van der Waals surface area contributed by atoms with Crippen LogP contribution in [-0.4, -0.2) is 16.7 Å². The van der Waals surface area contributed by atoms with Crippen molar-refractivity contribution in [3.05, 3.63) is 42.2 Å². The average molecular weight is 293 g/mol. The van der Waals surface area contributed by atoms with Crippen LogP contribution in [0.2, 0.25) is 0 Å². The number of rotatable bonds is 1. The van der Waals surface area contributed by atoms with Gasteiger partial charge in [0.1, 0.15) is 5.52 Å². The van der Waals surface area contributed by atoms with Crippen molar-refractivity contribution in [3.63, 3.8) is 0 Å². The molecule has 0 spiro atoms. The summed E-state index contributed by atoms with van der Waals surface area (Å²) < 4.78 is 2.50. The van der Waals surface area contributed by atoms with Crippen LogP contribution in [0.15, 0.2) is 36.5 Å². The van der Waals surface area contributed by atoms with E-state index in [0.717, 1.165) is 6.42 Å². The van der Waals surface area contributed by atoms with Gasteiger partial charge in [-0.05, 0) is 24.3 Å². The molecule has 2 aromatic heterocycles. The number of hydrogen-bond donors (Lipinski definition) is 2. The largest absolute Gasteiger partial charge is 0.396 e. The smallest absolute Gasteiger partial charge is 0.206 e. The summed E-state index contributed by atoms with van der Waals surface area (Å²) in [5, 5.41) is 12.3. The van der Waals surface area contributed by atoms with Gasteiger partial charge in [0, 0.05) is 48.2 Å². The summed E-state index contributed by atoms with van der Waals surface area (Å²) >= 11 is 0. The van der Waals surface area contributed by atoms with Crippen molar-refractivity contribution in [3.8, 4) is 0 Å². The minimum absolute atomic E-state index is 0.347. The fourth-order valence-corrected chi connectivity index (χ4v) is 4.78. The number of aromatic amines is 1. The summed E-state index contributed by atoms with van der Waals surface area (Å²) in [7, 11) is 0. The fraction of sp³-hybridized carbons (Fsp3) is 0.421. The van der Waals surface area contributed by atoms with Crippen LogP contribution in [0.25, 0.3) is 21.8 Å². The zero-order valence-electron chi connectivity index (χ0n) is 12.6. The normalized spacial score (nSPS) is 27.2. The van der Waals surface area contributed by atoms with Crippen molar-refractivity contribution in [1.82, 2.24) is 4.98 Å². The third kappa shape index (κ3) is 1.63. The predicted octanol–water partition coefficient (Wildman–Crippen LogP) is 3.11. The van der Waals surface area contributed by atoms with E-state index in [-0.39, 0.29) is 0 Å². The molecule has 3 aromatic rings. The Balaban J connectivity index is 1.75. The van der Waals surface area contributed by atoms with Gasteiger partial charge >= 0.3 is 0 Å². The summed E-state index contributed by atoms with van der Waals surface area (Å²) in [6, 6.07) is 11.5. The van der Waals surface area contributed by atoms with Gasteiger partial charge in [-0.1, -0.05) is 18.2 Å². The molecule has 0 amide bonds. The van der Waals surface area contributed by atoms with Crippen molar-refractivity contribution in [2.24, 2.45) is 11.8 Å². The number of hydrogen-bond acceptors (Lipinski definition) is 1. The van der Waals surface area contributed by atoms with E-state index in [1.165, 1.54) is 46.8 Å². The molecule has 3 nitrogen and oxygen atoms in total. The lowest BCUT2D eigenvalue weighted by Gasteiger charge is -2.36. The van der Waals surface area contributed by atoms with E-state index in [0.29, 0.717) is 24.5 Å². The predicted molar refractivity (Wildman–Crippen MR) is 86.7 cm³/mol. The quantitative estimate of drug-likeness (QED) is 0.665. The lowest BCUT2D eigenvalue weighted by Crippen LogP contribution is -2.52. The van der Waals surface area contributed by atoms with Crippen molar-refractivity contribution in [2.75, 3.05) is 6.61 Å². The van der Waals surface area contributed by atoms with Crippen molar-refractivity contribution < 1.29 is 9.67 Å². The highest BCUT2D eigenvalue weighted by atomic mass is 16.3. The highest BCUT2D eigenvalue weighted by Gasteiger charge is 2.42. The van der Waals surface area contributed by atoms with Crippen LogP contribution in [0.4, 0.5) is 0 Å². The second-order valence-electron chi connectivity index (χ2n) is 7.00. The van der Waals surface area contributed by atoms with Crippen molar-refractivity contribution >= 4 is 21.8 Å². The van der Waals surface area contributed by atoms with Crippen LogP contribution in [-0.2, 0) is 6.42 Å². The molecule has 5 rings (SSSR count). The molecule has 22 heavy (non-hydrogen) atoms. The maximum Gasteiger partial charge on any atom is 0.206 e. The van der Waals surface area contributed by atoms with Crippen LogP contribution in [0.3, 0.4) is 0 Å². The molecule has 1 fully saturated rings. The summed E-state index contributed by atoms with van der Waals surface area (Å²) in [6.07, 6.45) is 6.98.